The average Bonchev–Trinajstić information content (AvgIpc) is 2.52. The Labute approximate surface area is 141 Å². The number of benzene rings is 1. The molecule has 1 aromatic rings. The van der Waals surface area contributed by atoms with Gasteiger partial charge in [-0.2, -0.15) is 0 Å². The summed E-state index contributed by atoms with van der Waals surface area (Å²) in [5.41, 5.74) is 2.04. The lowest BCUT2D eigenvalue weighted by atomic mass is 9.81. The van der Waals surface area contributed by atoms with E-state index in [0.29, 0.717) is 12.5 Å². The summed E-state index contributed by atoms with van der Waals surface area (Å²) in [6, 6.07) is 6.18. The first kappa shape index (κ1) is 18.0. The molecule has 2 heteroatoms. The van der Waals surface area contributed by atoms with E-state index in [0.717, 1.165) is 24.2 Å². The summed E-state index contributed by atoms with van der Waals surface area (Å²) in [5, 5.41) is 0. The molecule has 0 heterocycles. The van der Waals surface area contributed by atoms with Gasteiger partial charge in [0.1, 0.15) is 5.75 Å². The molecule has 0 atom stereocenters. The molecule has 2 rings (SSSR count). The minimum atomic E-state index is 0.0399. The highest BCUT2D eigenvalue weighted by molar-refractivity contribution is 6.00. The maximum atomic E-state index is 13.1. The molecular formula is C21H32O2. The Morgan fingerprint density at radius 2 is 1.83 bits per heavy atom. The van der Waals surface area contributed by atoms with Crippen LogP contribution in [0.2, 0.25) is 0 Å². The highest BCUT2D eigenvalue weighted by atomic mass is 16.5. The van der Waals surface area contributed by atoms with Crippen LogP contribution in [0.3, 0.4) is 0 Å². The van der Waals surface area contributed by atoms with Crippen molar-refractivity contribution in [1.29, 1.82) is 0 Å². The minimum absolute atomic E-state index is 0.0399. The third-order valence-corrected chi connectivity index (χ3v) is 4.66. The van der Waals surface area contributed by atoms with E-state index in [4.69, 9.17) is 4.74 Å². The number of hydrogen-bond acceptors (Lipinski definition) is 2. The normalized spacial score (nSPS) is 16.6. The van der Waals surface area contributed by atoms with Crippen LogP contribution in [-0.4, -0.2) is 12.4 Å². The fourth-order valence-corrected chi connectivity index (χ4v) is 3.16. The zero-order valence-corrected chi connectivity index (χ0v) is 15.4. The van der Waals surface area contributed by atoms with Crippen LogP contribution in [0.4, 0.5) is 0 Å². The first-order valence-corrected chi connectivity index (χ1v) is 9.10. The number of carbonyl (C=O) groups excluding carboxylic acids is 1. The predicted molar refractivity (Wildman–Crippen MR) is 96.4 cm³/mol. The Morgan fingerprint density at radius 3 is 2.39 bits per heavy atom. The fourth-order valence-electron chi connectivity index (χ4n) is 3.16. The van der Waals surface area contributed by atoms with Crippen molar-refractivity contribution in [2.75, 3.05) is 6.61 Å². The number of hydrogen-bond donors (Lipinski definition) is 0. The Morgan fingerprint density at radius 1 is 1.17 bits per heavy atom. The maximum Gasteiger partial charge on any atom is 0.169 e. The average molecular weight is 316 g/mol. The largest absolute Gasteiger partial charge is 0.493 e. The van der Waals surface area contributed by atoms with Crippen molar-refractivity contribution in [3.8, 4) is 5.75 Å². The van der Waals surface area contributed by atoms with E-state index in [1.54, 1.807) is 0 Å². The molecular weight excluding hydrogens is 284 g/mol. The van der Waals surface area contributed by atoms with Gasteiger partial charge in [0.2, 0.25) is 0 Å². The van der Waals surface area contributed by atoms with Crippen LogP contribution >= 0.6 is 0 Å². The van der Waals surface area contributed by atoms with Gasteiger partial charge in [0, 0.05) is 5.92 Å². The van der Waals surface area contributed by atoms with Crippen LogP contribution in [0.1, 0.15) is 82.6 Å². The summed E-state index contributed by atoms with van der Waals surface area (Å²) in [5.74, 6) is 1.69. The van der Waals surface area contributed by atoms with Crippen molar-refractivity contribution >= 4 is 5.78 Å². The minimum Gasteiger partial charge on any atom is -0.493 e. The van der Waals surface area contributed by atoms with E-state index in [1.807, 2.05) is 6.07 Å². The molecule has 0 amide bonds. The molecule has 0 saturated heterocycles. The molecule has 0 bridgehead atoms. The van der Waals surface area contributed by atoms with Crippen LogP contribution < -0.4 is 4.74 Å². The van der Waals surface area contributed by atoms with E-state index in [2.05, 4.69) is 46.8 Å². The summed E-state index contributed by atoms with van der Waals surface area (Å²) < 4.78 is 5.96. The van der Waals surface area contributed by atoms with Gasteiger partial charge in [-0.15, -0.1) is 0 Å². The summed E-state index contributed by atoms with van der Waals surface area (Å²) in [6.07, 6.45) is 5.68. The first-order valence-electron chi connectivity index (χ1n) is 9.10. The molecule has 2 nitrogen and oxygen atoms in total. The third-order valence-electron chi connectivity index (χ3n) is 4.66. The molecule has 1 aliphatic carbocycles. The lowest BCUT2D eigenvalue weighted by Crippen LogP contribution is -2.21. The molecule has 1 aromatic carbocycles. The van der Waals surface area contributed by atoms with Crippen LogP contribution in [-0.2, 0) is 5.41 Å². The standard InChI is InChI=1S/C21H32O2/c1-15(2)14-23-19-12-11-17(21(3,4)5)13-18(19)20(22)16-9-7-6-8-10-16/h11-13,15-16H,6-10,14H2,1-5H3. The van der Waals surface area contributed by atoms with E-state index >= 15 is 0 Å². The quantitative estimate of drug-likeness (QED) is 0.643. The van der Waals surface area contributed by atoms with Crippen molar-refractivity contribution in [3.05, 3.63) is 29.3 Å². The molecule has 0 N–H and O–H groups in total. The van der Waals surface area contributed by atoms with Crippen molar-refractivity contribution < 1.29 is 9.53 Å². The predicted octanol–water partition coefficient (Wildman–Crippen LogP) is 5.78. The number of ether oxygens (including phenoxy) is 1. The molecule has 23 heavy (non-hydrogen) atoms. The Kier molecular flexibility index (Phi) is 5.89. The molecule has 1 fully saturated rings. The van der Waals surface area contributed by atoms with Crippen LogP contribution in [0.5, 0.6) is 5.75 Å². The second-order valence-electron chi connectivity index (χ2n) is 8.36. The summed E-state index contributed by atoms with van der Waals surface area (Å²) >= 11 is 0. The number of ketones is 1. The number of rotatable bonds is 5. The summed E-state index contributed by atoms with van der Waals surface area (Å²) in [6.45, 7) is 11.5. The number of Topliss-reactive ketones (excluding diaryl/α,β-unsaturated/α-hetero) is 1. The molecule has 0 spiro atoms. The zero-order valence-electron chi connectivity index (χ0n) is 15.4. The molecule has 1 aliphatic rings. The topological polar surface area (TPSA) is 26.3 Å². The monoisotopic (exact) mass is 316 g/mol. The van der Waals surface area contributed by atoms with Gasteiger partial charge in [-0.05, 0) is 41.9 Å². The lowest BCUT2D eigenvalue weighted by Gasteiger charge is -2.24. The molecule has 0 unspecified atom stereocenters. The molecule has 0 aromatic heterocycles. The van der Waals surface area contributed by atoms with E-state index in [1.165, 1.54) is 24.8 Å². The van der Waals surface area contributed by atoms with Crippen molar-refractivity contribution in [2.24, 2.45) is 11.8 Å². The van der Waals surface area contributed by atoms with Gasteiger partial charge >= 0.3 is 0 Å². The second kappa shape index (κ2) is 7.51. The maximum absolute atomic E-state index is 13.1. The van der Waals surface area contributed by atoms with Gasteiger partial charge in [0.15, 0.2) is 5.78 Å². The zero-order chi connectivity index (χ0) is 17.0. The van der Waals surface area contributed by atoms with Crippen LogP contribution in [0.15, 0.2) is 18.2 Å². The van der Waals surface area contributed by atoms with E-state index < -0.39 is 0 Å². The highest BCUT2D eigenvalue weighted by Gasteiger charge is 2.26. The Balaban J connectivity index is 2.32. The van der Waals surface area contributed by atoms with E-state index in [9.17, 15) is 4.79 Å². The smallest absolute Gasteiger partial charge is 0.169 e. The lowest BCUT2D eigenvalue weighted by molar-refractivity contribution is 0.0884. The SMILES string of the molecule is CC(C)COc1ccc(C(C)(C)C)cc1C(=O)C1CCCCC1. The van der Waals surface area contributed by atoms with Crippen molar-refractivity contribution in [2.45, 2.75) is 72.1 Å². The summed E-state index contributed by atoms with van der Waals surface area (Å²) in [7, 11) is 0. The Bertz CT molecular complexity index is 531. The molecule has 1 saturated carbocycles. The van der Waals surface area contributed by atoms with Gasteiger partial charge in [0.05, 0.1) is 12.2 Å². The molecule has 128 valence electrons. The van der Waals surface area contributed by atoms with Gasteiger partial charge in [-0.25, -0.2) is 0 Å². The van der Waals surface area contributed by atoms with Crippen LogP contribution in [0.25, 0.3) is 0 Å². The third kappa shape index (κ3) is 4.83. The van der Waals surface area contributed by atoms with Gasteiger partial charge in [0.25, 0.3) is 0 Å². The van der Waals surface area contributed by atoms with E-state index in [-0.39, 0.29) is 17.1 Å². The fraction of sp³-hybridized carbons (Fsp3) is 0.667. The number of carbonyl (C=O) groups is 1. The van der Waals surface area contributed by atoms with Gasteiger partial charge < -0.3 is 4.74 Å². The second-order valence-corrected chi connectivity index (χ2v) is 8.36. The summed E-state index contributed by atoms with van der Waals surface area (Å²) in [4.78, 5) is 13.1. The van der Waals surface area contributed by atoms with Gasteiger partial charge in [-0.3, -0.25) is 4.79 Å². The van der Waals surface area contributed by atoms with Gasteiger partial charge in [-0.1, -0.05) is 59.9 Å². The highest BCUT2D eigenvalue weighted by Crippen LogP contribution is 2.33. The first-order chi connectivity index (χ1) is 10.8. The van der Waals surface area contributed by atoms with Crippen molar-refractivity contribution in [1.82, 2.24) is 0 Å². The van der Waals surface area contributed by atoms with Crippen molar-refractivity contribution in [3.63, 3.8) is 0 Å². The Hall–Kier alpha value is -1.31. The molecule has 0 radical (unpaired) electrons. The van der Waals surface area contributed by atoms with Crippen LogP contribution in [0, 0.1) is 11.8 Å². The molecule has 0 aliphatic heterocycles.